The summed E-state index contributed by atoms with van der Waals surface area (Å²) < 4.78 is 4.76. The molecule has 0 spiro atoms. The highest BCUT2D eigenvalue weighted by Gasteiger charge is 2.43. The van der Waals surface area contributed by atoms with Gasteiger partial charge in [0.15, 0.2) is 0 Å². The van der Waals surface area contributed by atoms with E-state index in [4.69, 9.17) is 4.74 Å². The number of esters is 1. The average molecular weight is 294 g/mol. The number of hydrogen-bond acceptors (Lipinski definition) is 3. The van der Waals surface area contributed by atoms with Gasteiger partial charge in [-0.15, -0.1) is 0 Å². The third-order valence-electron chi connectivity index (χ3n) is 4.98. The highest BCUT2D eigenvalue weighted by molar-refractivity contribution is 5.70. The number of methoxy groups -OCH3 is 1. The molecule has 0 aromatic carbocycles. The lowest BCUT2D eigenvalue weighted by Crippen LogP contribution is -2.11. The molecule has 1 unspecified atom stereocenters. The van der Waals surface area contributed by atoms with E-state index in [-0.39, 0.29) is 17.5 Å². The van der Waals surface area contributed by atoms with E-state index >= 15 is 0 Å². The Kier molecular flexibility index (Phi) is 6.28. The Morgan fingerprint density at radius 1 is 1.29 bits per heavy atom. The minimum Gasteiger partial charge on any atom is -0.469 e. The number of aliphatic hydroxyl groups is 1. The maximum Gasteiger partial charge on any atom is 0.306 e. The molecule has 0 bridgehead atoms. The summed E-state index contributed by atoms with van der Waals surface area (Å²) in [5.41, 5.74) is 1.85. The predicted molar refractivity (Wildman–Crippen MR) is 83.9 cm³/mol. The zero-order chi connectivity index (χ0) is 15.1. The molecule has 0 aliphatic heterocycles. The van der Waals surface area contributed by atoms with Crippen molar-refractivity contribution >= 4 is 5.97 Å². The molecule has 0 amide bonds. The highest BCUT2D eigenvalue weighted by atomic mass is 16.5. The maximum atomic E-state index is 11.3. The van der Waals surface area contributed by atoms with Crippen molar-refractivity contribution < 1.29 is 14.6 Å². The van der Waals surface area contributed by atoms with E-state index in [1.807, 2.05) is 0 Å². The van der Waals surface area contributed by atoms with Gasteiger partial charge in [0.25, 0.3) is 0 Å². The molecule has 0 radical (unpaired) electrons. The summed E-state index contributed by atoms with van der Waals surface area (Å²) in [6.45, 7) is 0. The number of aliphatic hydroxyl groups excluding tert-OH is 1. The van der Waals surface area contributed by atoms with Crippen LogP contribution in [0.5, 0.6) is 0 Å². The van der Waals surface area contributed by atoms with E-state index in [0.717, 1.165) is 38.5 Å². The Morgan fingerprint density at radius 3 is 2.52 bits per heavy atom. The highest BCUT2D eigenvalue weighted by Crippen LogP contribution is 2.53. The second-order valence-corrected chi connectivity index (χ2v) is 6.96. The molecule has 0 heterocycles. The molecule has 0 saturated heterocycles. The fourth-order valence-electron chi connectivity index (χ4n) is 3.10. The molecule has 1 N–H and O–H groups in total. The minimum absolute atomic E-state index is 0.0710. The first-order valence-electron chi connectivity index (χ1n) is 8.56. The summed E-state index contributed by atoms with van der Waals surface area (Å²) >= 11 is 0. The standard InChI is InChI=1S/C18H30O3/c1-21-17(20)14-18(12-13-18)11-5-4-8-16(19)7-3-2-6-15-9-10-15/h9,16,19H,2-8,10-14H2,1H3. The van der Waals surface area contributed by atoms with Crippen LogP contribution in [0.4, 0.5) is 0 Å². The summed E-state index contributed by atoms with van der Waals surface area (Å²) in [6.07, 6.45) is 15.1. The van der Waals surface area contributed by atoms with Gasteiger partial charge in [0, 0.05) is 0 Å². The van der Waals surface area contributed by atoms with E-state index < -0.39 is 0 Å². The minimum atomic E-state index is -0.131. The molecule has 1 fully saturated rings. The quantitative estimate of drug-likeness (QED) is 0.334. The number of carbonyl (C=O) groups is 1. The normalized spacial score (nSPS) is 19.8. The lowest BCUT2D eigenvalue weighted by Gasteiger charge is -2.14. The van der Waals surface area contributed by atoms with Crippen molar-refractivity contribution in [3.8, 4) is 0 Å². The largest absolute Gasteiger partial charge is 0.469 e. The molecule has 3 heteroatoms. The Bertz CT molecular complexity index is 369. The van der Waals surface area contributed by atoms with Gasteiger partial charge in [-0.2, -0.15) is 0 Å². The summed E-state index contributed by atoms with van der Waals surface area (Å²) in [4.78, 5) is 11.3. The molecule has 1 saturated carbocycles. The monoisotopic (exact) mass is 294 g/mol. The molecular formula is C18H30O3. The number of unbranched alkanes of at least 4 members (excludes halogenated alkanes) is 2. The number of ether oxygens (including phenoxy) is 1. The fourth-order valence-corrected chi connectivity index (χ4v) is 3.10. The van der Waals surface area contributed by atoms with Gasteiger partial charge in [-0.3, -0.25) is 4.79 Å². The van der Waals surface area contributed by atoms with E-state index in [0.29, 0.717) is 6.42 Å². The zero-order valence-electron chi connectivity index (χ0n) is 13.4. The first-order valence-corrected chi connectivity index (χ1v) is 8.56. The summed E-state index contributed by atoms with van der Waals surface area (Å²) in [5, 5.41) is 9.97. The SMILES string of the molecule is COC(=O)CC1(CCCCC(O)CCCCC2=CC2)CC1. The van der Waals surface area contributed by atoms with Crippen LogP contribution in [-0.2, 0) is 9.53 Å². The first-order chi connectivity index (χ1) is 10.1. The third-order valence-corrected chi connectivity index (χ3v) is 4.98. The Morgan fingerprint density at radius 2 is 1.95 bits per heavy atom. The number of allylic oxidation sites excluding steroid dienone is 2. The maximum absolute atomic E-state index is 11.3. The first kappa shape index (κ1) is 16.5. The lowest BCUT2D eigenvalue weighted by atomic mass is 9.94. The molecular weight excluding hydrogens is 264 g/mol. The van der Waals surface area contributed by atoms with Gasteiger partial charge in [0.1, 0.15) is 0 Å². The zero-order valence-corrected chi connectivity index (χ0v) is 13.4. The second kappa shape index (κ2) is 7.98. The lowest BCUT2D eigenvalue weighted by molar-refractivity contribution is -0.142. The van der Waals surface area contributed by atoms with Crippen LogP contribution in [0.3, 0.4) is 0 Å². The van der Waals surface area contributed by atoms with Gasteiger partial charge >= 0.3 is 5.97 Å². The van der Waals surface area contributed by atoms with Crippen LogP contribution in [0.2, 0.25) is 0 Å². The summed E-state index contributed by atoms with van der Waals surface area (Å²) in [5.74, 6) is -0.0710. The molecule has 0 aromatic rings. The van der Waals surface area contributed by atoms with Crippen molar-refractivity contribution in [3.63, 3.8) is 0 Å². The van der Waals surface area contributed by atoms with Crippen LogP contribution in [0.15, 0.2) is 11.6 Å². The van der Waals surface area contributed by atoms with Crippen molar-refractivity contribution in [2.75, 3.05) is 7.11 Å². The number of hydrogen-bond donors (Lipinski definition) is 1. The number of carbonyl (C=O) groups excluding carboxylic acids is 1. The molecule has 0 aromatic heterocycles. The van der Waals surface area contributed by atoms with E-state index in [9.17, 15) is 9.90 Å². The van der Waals surface area contributed by atoms with Crippen molar-refractivity contribution in [1.82, 2.24) is 0 Å². The van der Waals surface area contributed by atoms with Gasteiger partial charge in [-0.1, -0.05) is 30.9 Å². The molecule has 1 atom stereocenters. The smallest absolute Gasteiger partial charge is 0.306 e. The molecule has 2 rings (SSSR count). The van der Waals surface area contributed by atoms with E-state index in [1.165, 1.54) is 39.2 Å². The van der Waals surface area contributed by atoms with Crippen molar-refractivity contribution in [1.29, 1.82) is 0 Å². The van der Waals surface area contributed by atoms with Crippen LogP contribution in [0.1, 0.15) is 77.0 Å². The van der Waals surface area contributed by atoms with Gasteiger partial charge in [-0.05, 0) is 56.8 Å². The van der Waals surface area contributed by atoms with Crippen LogP contribution in [0, 0.1) is 5.41 Å². The van der Waals surface area contributed by atoms with Gasteiger partial charge < -0.3 is 9.84 Å². The van der Waals surface area contributed by atoms with Crippen molar-refractivity contribution in [2.45, 2.75) is 83.2 Å². The van der Waals surface area contributed by atoms with Gasteiger partial charge in [-0.25, -0.2) is 0 Å². The molecule has 3 nitrogen and oxygen atoms in total. The van der Waals surface area contributed by atoms with E-state index in [1.54, 1.807) is 5.57 Å². The van der Waals surface area contributed by atoms with Crippen LogP contribution < -0.4 is 0 Å². The topological polar surface area (TPSA) is 46.5 Å². The van der Waals surface area contributed by atoms with Crippen LogP contribution in [-0.4, -0.2) is 24.3 Å². The van der Waals surface area contributed by atoms with Gasteiger partial charge in [0.2, 0.25) is 0 Å². The van der Waals surface area contributed by atoms with Gasteiger partial charge in [0.05, 0.1) is 19.6 Å². The Hall–Kier alpha value is -0.830. The molecule has 120 valence electrons. The third kappa shape index (κ3) is 6.64. The summed E-state index contributed by atoms with van der Waals surface area (Å²) in [6, 6.07) is 0. The summed E-state index contributed by atoms with van der Waals surface area (Å²) in [7, 11) is 1.47. The second-order valence-electron chi connectivity index (χ2n) is 6.96. The fraction of sp³-hybridized carbons (Fsp3) is 0.833. The van der Waals surface area contributed by atoms with Crippen LogP contribution >= 0.6 is 0 Å². The predicted octanol–water partition coefficient (Wildman–Crippen LogP) is 4.14. The molecule has 2 aliphatic rings. The van der Waals surface area contributed by atoms with E-state index in [2.05, 4.69) is 6.08 Å². The Labute approximate surface area is 128 Å². The Balaban J connectivity index is 1.45. The molecule has 21 heavy (non-hydrogen) atoms. The van der Waals surface area contributed by atoms with Crippen LogP contribution in [0.25, 0.3) is 0 Å². The molecule has 2 aliphatic carbocycles. The van der Waals surface area contributed by atoms with Crippen molar-refractivity contribution in [3.05, 3.63) is 11.6 Å². The average Bonchev–Trinajstić information content (AvgIpc) is 3.37. The number of rotatable bonds is 12. The van der Waals surface area contributed by atoms with Crippen molar-refractivity contribution in [2.24, 2.45) is 5.41 Å².